The molecule has 0 saturated heterocycles. The summed E-state index contributed by atoms with van der Waals surface area (Å²) in [7, 11) is 1.57. The largest absolute Gasteiger partial charge is 0.496 e. The highest BCUT2D eigenvalue weighted by molar-refractivity contribution is 5.99. The predicted octanol–water partition coefficient (Wildman–Crippen LogP) is 3.82. The zero-order valence-corrected chi connectivity index (χ0v) is 16.0. The molecule has 0 atom stereocenters. The van der Waals surface area contributed by atoms with Gasteiger partial charge in [-0.2, -0.15) is 0 Å². The molecule has 26 heavy (non-hydrogen) atoms. The molecule has 0 unspecified atom stereocenters. The molecule has 0 radical (unpaired) electrons. The van der Waals surface area contributed by atoms with E-state index in [-0.39, 0.29) is 29.8 Å². The van der Waals surface area contributed by atoms with Gasteiger partial charge >= 0.3 is 0 Å². The van der Waals surface area contributed by atoms with Crippen molar-refractivity contribution in [2.75, 3.05) is 19.0 Å². The molecule has 0 bridgehead atoms. The second-order valence-corrected chi connectivity index (χ2v) is 6.77. The molecule has 6 heteroatoms. The highest BCUT2D eigenvalue weighted by Crippen LogP contribution is 2.33. The minimum atomic E-state index is -0.865. The van der Waals surface area contributed by atoms with Crippen molar-refractivity contribution in [1.82, 2.24) is 5.32 Å². The van der Waals surface area contributed by atoms with Crippen LogP contribution in [0.2, 0.25) is 0 Å². The number of carbonyl (C=O) groups is 1. The SMILES string of the molecule is COc1ccccc1C(C)(C)C(=O)Nc1ccc2c(c1F)CCNC2.Cl. The highest BCUT2D eigenvalue weighted by atomic mass is 35.5. The Morgan fingerprint density at radius 1 is 1.23 bits per heavy atom. The van der Waals surface area contributed by atoms with Crippen LogP contribution < -0.4 is 15.4 Å². The Kier molecular flexibility index (Phi) is 6.26. The van der Waals surface area contributed by atoms with Gasteiger partial charge in [0.05, 0.1) is 18.2 Å². The van der Waals surface area contributed by atoms with Gasteiger partial charge in [0, 0.05) is 12.1 Å². The highest BCUT2D eigenvalue weighted by Gasteiger charge is 2.33. The van der Waals surface area contributed by atoms with Gasteiger partial charge in [0.25, 0.3) is 0 Å². The van der Waals surface area contributed by atoms with Crippen molar-refractivity contribution >= 4 is 24.0 Å². The van der Waals surface area contributed by atoms with Crippen LogP contribution in [0.3, 0.4) is 0 Å². The third kappa shape index (κ3) is 3.69. The second kappa shape index (κ2) is 8.06. The van der Waals surface area contributed by atoms with E-state index in [9.17, 15) is 9.18 Å². The van der Waals surface area contributed by atoms with Gasteiger partial charge in [-0.25, -0.2) is 4.39 Å². The molecule has 0 saturated carbocycles. The smallest absolute Gasteiger partial charge is 0.234 e. The van der Waals surface area contributed by atoms with Crippen molar-refractivity contribution < 1.29 is 13.9 Å². The van der Waals surface area contributed by atoms with E-state index in [4.69, 9.17) is 4.74 Å². The lowest BCUT2D eigenvalue weighted by Gasteiger charge is -2.27. The molecule has 2 aromatic rings. The minimum Gasteiger partial charge on any atom is -0.496 e. The van der Waals surface area contributed by atoms with Crippen LogP contribution in [0.1, 0.15) is 30.5 Å². The van der Waals surface area contributed by atoms with E-state index in [1.807, 2.05) is 30.3 Å². The Morgan fingerprint density at radius 2 is 1.96 bits per heavy atom. The molecule has 0 aliphatic carbocycles. The van der Waals surface area contributed by atoms with Crippen molar-refractivity contribution in [3.63, 3.8) is 0 Å². The average Bonchev–Trinajstić information content (AvgIpc) is 2.64. The Bertz CT molecular complexity index is 808. The van der Waals surface area contributed by atoms with Crippen molar-refractivity contribution in [1.29, 1.82) is 0 Å². The maximum absolute atomic E-state index is 14.8. The Balaban J connectivity index is 0.00000243. The first-order valence-electron chi connectivity index (χ1n) is 8.41. The topological polar surface area (TPSA) is 50.4 Å². The first-order chi connectivity index (χ1) is 11.9. The first-order valence-corrected chi connectivity index (χ1v) is 8.41. The van der Waals surface area contributed by atoms with Crippen LogP contribution in [0.5, 0.6) is 5.75 Å². The van der Waals surface area contributed by atoms with E-state index >= 15 is 0 Å². The molecule has 2 aromatic carbocycles. The summed E-state index contributed by atoms with van der Waals surface area (Å²) in [6, 6.07) is 10.9. The summed E-state index contributed by atoms with van der Waals surface area (Å²) in [5.41, 5.74) is 1.76. The monoisotopic (exact) mass is 378 g/mol. The minimum absolute atomic E-state index is 0. The number of benzene rings is 2. The molecule has 1 aliphatic rings. The van der Waals surface area contributed by atoms with E-state index in [1.165, 1.54) is 0 Å². The molecular formula is C20H24ClFN2O2. The Morgan fingerprint density at radius 3 is 2.69 bits per heavy atom. The molecule has 2 N–H and O–H groups in total. The lowest BCUT2D eigenvalue weighted by Crippen LogP contribution is -2.35. The van der Waals surface area contributed by atoms with Gasteiger partial charge in [0.2, 0.25) is 5.91 Å². The number of anilines is 1. The number of methoxy groups -OCH3 is 1. The first kappa shape index (κ1) is 20.2. The molecule has 4 nitrogen and oxygen atoms in total. The average molecular weight is 379 g/mol. The molecule has 3 rings (SSSR count). The van der Waals surface area contributed by atoms with Crippen LogP contribution in [0.15, 0.2) is 36.4 Å². The summed E-state index contributed by atoms with van der Waals surface area (Å²) in [6.07, 6.45) is 0.626. The number of halogens is 2. The fourth-order valence-electron chi connectivity index (χ4n) is 3.19. The van der Waals surface area contributed by atoms with E-state index < -0.39 is 5.41 Å². The summed E-state index contributed by atoms with van der Waals surface area (Å²) in [6.45, 7) is 5.02. The fraction of sp³-hybridized carbons (Fsp3) is 0.350. The summed E-state index contributed by atoms with van der Waals surface area (Å²) in [4.78, 5) is 12.9. The number of ether oxygens (including phenoxy) is 1. The number of rotatable bonds is 4. The van der Waals surface area contributed by atoms with E-state index in [2.05, 4.69) is 10.6 Å². The fourth-order valence-corrected chi connectivity index (χ4v) is 3.19. The number of para-hydroxylation sites is 1. The Labute approximate surface area is 159 Å². The van der Waals surface area contributed by atoms with E-state index in [1.54, 1.807) is 27.0 Å². The molecule has 1 heterocycles. The van der Waals surface area contributed by atoms with Gasteiger partial charge in [-0.1, -0.05) is 24.3 Å². The Hall–Kier alpha value is -2.11. The second-order valence-electron chi connectivity index (χ2n) is 6.77. The van der Waals surface area contributed by atoms with Gasteiger partial charge in [-0.3, -0.25) is 4.79 Å². The number of nitrogens with one attached hydrogen (secondary N) is 2. The van der Waals surface area contributed by atoms with Crippen LogP contribution in [-0.2, 0) is 23.2 Å². The molecule has 0 fully saturated rings. The number of fused-ring (bicyclic) bond motifs is 1. The van der Waals surface area contributed by atoms with Gasteiger partial charge in [-0.05, 0) is 50.1 Å². The van der Waals surface area contributed by atoms with E-state index in [0.717, 1.165) is 17.7 Å². The summed E-state index contributed by atoms with van der Waals surface area (Å²) < 4.78 is 20.2. The lowest BCUT2D eigenvalue weighted by atomic mass is 9.83. The third-order valence-corrected chi connectivity index (χ3v) is 4.80. The van der Waals surface area contributed by atoms with Gasteiger partial charge in [0.1, 0.15) is 11.6 Å². The third-order valence-electron chi connectivity index (χ3n) is 4.80. The molecule has 1 amide bonds. The van der Waals surface area contributed by atoms with Crippen molar-refractivity contribution in [3.05, 3.63) is 58.9 Å². The van der Waals surface area contributed by atoms with Crippen LogP contribution in [-0.4, -0.2) is 19.6 Å². The molecule has 0 aromatic heterocycles. The zero-order chi connectivity index (χ0) is 18.0. The number of hydrogen-bond acceptors (Lipinski definition) is 3. The van der Waals surface area contributed by atoms with Gasteiger partial charge < -0.3 is 15.4 Å². The van der Waals surface area contributed by atoms with Crippen LogP contribution in [0.4, 0.5) is 10.1 Å². The van der Waals surface area contributed by atoms with Crippen LogP contribution in [0, 0.1) is 5.82 Å². The number of hydrogen-bond donors (Lipinski definition) is 2. The predicted molar refractivity (Wildman–Crippen MR) is 104 cm³/mol. The maximum Gasteiger partial charge on any atom is 0.234 e. The molecular weight excluding hydrogens is 355 g/mol. The normalized spacial score (nSPS) is 13.4. The number of carbonyl (C=O) groups excluding carboxylic acids is 1. The standard InChI is InChI=1S/C20H23FN2O2.ClH/c1-20(2,15-6-4-5-7-17(15)25-3)19(24)23-16-9-8-13-12-22-11-10-14(13)18(16)21;/h4-9,22H,10-12H2,1-3H3,(H,23,24);1H. The van der Waals surface area contributed by atoms with Crippen molar-refractivity contribution in [2.45, 2.75) is 32.2 Å². The molecule has 0 spiro atoms. The van der Waals surface area contributed by atoms with Crippen LogP contribution >= 0.6 is 12.4 Å². The number of amides is 1. The van der Waals surface area contributed by atoms with Crippen molar-refractivity contribution in [3.8, 4) is 5.75 Å². The maximum atomic E-state index is 14.8. The molecule has 1 aliphatic heterocycles. The van der Waals surface area contributed by atoms with Gasteiger partial charge in [-0.15, -0.1) is 12.4 Å². The summed E-state index contributed by atoms with van der Waals surface area (Å²) in [5, 5.41) is 5.98. The van der Waals surface area contributed by atoms with E-state index in [0.29, 0.717) is 24.3 Å². The summed E-state index contributed by atoms with van der Waals surface area (Å²) >= 11 is 0. The summed E-state index contributed by atoms with van der Waals surface area (Å²) in [5.74, 6) is 0.0348. The van der Waals surface area contributed by atoms with Crippen molar-refractivity contribution in [2.24, 2.45) is 0 Å². The quantitative estimate of drug-likeness (QED) is 0.850. The van der Waals surface area contributed by atoms with Crippen LogP contribution in [0.25, 0.3) is 0 Å². The zero-order valence-electron chi connectivity index (χ0n) is 15.2. The lowest BCUT2D eigenvalue weighted by molar-refractivity contribution is -0.120. The molecule has 140 valence electrons. The van der Waals surface area contributed by atoms with Gasteiger partial charge in [0.15, 0.2) is 0 Å².